The van der Waals surface area contributed by atoms with Gasteiger partial charge in [0.25, 0.3) is 5.91 Å². The molecular formula is C13H21N3O2S. The molecule has 19 heavy (non-hydrogen) atoms. The Hall–Kier alpha value is -1.43. The summed E-state index contributed by atoms with van der Waals surface area (Å²) in [7, 11) is -0.927. The standard InChI is InChI=1S/C13H21N3O2S/c1-5-14-12-6-9(2)15-7-11(12)13(17)16-10(3)8-19(4)18/h6-7,10H,5,8H2,1-4H3,(H,14,15)(H,16,17). The van der Waals surface area contributed by atoms with Gasteiger partial charge in [-0.15, -0.1) is 0 Å². The monoisotopic (exact) mass is 283 g/mol. The van der Waals surface area contributed by atoms with Crippen LogP contribution in [-0.2, 0) is 10.8 Å². The molecule has 1 heterocycles. The Bertz CT molecular complexity index is 477. The van der Waals surface area contributed by atoms with Gasteiger partial charge in [-0.2, -0.15) is 0 Å². The molecule has 6 heteroatoms. The normalized spacial score (nSPS) is 13.7. The molecule has 0 fully saturated rings. The zero-order valence-corrected chi connectivity index (χ0v) is 12.6. The topological polar surface area (TPSA) is 71.1 Å². The van der Waals surface area contributed by atoms with Crippen LogP contribution >= 0.6 is 0 Å². The van der Waals surface area contributed by atoms with E-state index >= 15 is 0 Å². The Balaban J connectivity index is 2.84. The molecule has 0 aromatic carbocycles. The number of pyridine rings is 1. The fourth-order valence-electron chi connectivity index (χ4n) is 1.77. The van der Waals surface area contributed by atoms with Gasteiger partial charge < -0.3 is 10.6 Å². The largest absolute Gasteiger partial charge is 0.385 e. The van der Waals surface area contributed by atoms with Gasteiger partial charge in [0.15, 0.2) is 0 Å². The van der Waals surface area contributed by atoms with Crippen molar-refractivity contribution in [2.45, 2.75) is 26.8 Å². The van der Waals surface area contributed by atoms with Crippen LogP contribution in [0.2, 0.25) is 0 Å². The van der Waals surface area contributed by atoms with E-state index in [2.05, 4.69) is 15.6 Å². The molecule has 0 aliphatic rings. The van der Waals surface area contributed by atoms with Gasteiger partial charge in [0.1, 0.15) is 0 Å². The first-order valence-corrected chi connectivity index (χ1v) is 7.98. The van der Waals surface area contributed by atoms with Gasteiger partial charge >= 0.3 is 0 Å². The third kappa shape index (κ3) is 4.98. The van der Waals surface area contributed by atoms with Crippen molar-refractivity contribution in [3.63, 3.8) is 0 Å². The average molecular weight is 283 g/mol. The highest BCUT2D eigenvalue weighted by Crippen LogP contribution is 2.15. The quantitative estimate of drug-likeness (QED) is 0.826. The number of carbonyl (C=O) groups is 1. The summed E-state index contributed by atoms with van der Waals surface area (Å²) in [5, 5.41) is 5.98. The molecule has 0 aliphatic carbocycles. The highest BCUT2D eigenvalue weighted by atomic mass is 32.2. The van der Waals surface area contributed by atoms with E-state index in [-0.39, 0.29) is 11.9 Å². The van der Waals surface area contributed by atoms with Crippen LogP contribution < -0.4 is 10.6 Å². The molecule has 1 amide bonds. The summed E-state index contributed by atoms with van der Waals surface area (Å²) in [6, 6.07) is 1.72. The van der Waals surface area contributed by atoms with Crippen LogP contribution in [0.5, 0.6) is 0 Å². The maximum atomic E-state index is 12.2. The summed E-state index contributed by atoms with van der Waals surface area (Å²) in [5.74, 6) is 0.253. The van der Waals surface area contributed by atoms with Crippen LogP contribution in [0.1, 0.15) is 29.9 Å². The van der Waals surface area contributed by atoms with E-state index in [0.29, 0.717) is 11.3 Å². The van der Waals surface area contributed by atoms with Crippen molar-refractivity contribution >= 4 is 22.4 Å². The molecule has 1 aromatic heterocycles. The molecule has 0 aliphatic heterocycles. The number of aromatic nitrogens is 1. The van der Waals surface area contributed by atoms with Gasteiger partial charge in [0.05, 0.1) is 11.3 Å². The summed E-state index contributed by atoms with van der Waals surface area (Å²) < 4.78 is 11.1. The molecule has 106 valence electrons. The molecule has 2 atom stereocenters. The van der Waals surface area contributed by atoms with Crippen molar-refractivity contribution in [1.29, 1.82) is 0 Å². The number of hydrogen-bond donors (Lipinski definition) is 2. The number of amides is 1. The second kappa shape index (κ2) is 7.23. The Kier molecular flexibility index (Phi) is 5.95. The van der Waals surface area contributed by atoms with E-state index in [1.54, 1.807) is 12.5 Å². The predicted molar refractivity (Wildman–Crippen MR) is 79.0 cm³/mol. The minimum absolute atomic E-state index is 0.130. The molecule has 0 saturated carbocycles. The number of nitrogens with zero attached hydrogens (tertiary/aromatic N) is 1. The number of carbonyl (C=O) groups excluding carboxylic acids is 1. The van der Waals surface area contributed by atoms with Crippen LogP contribution in [-0.4, -0.2) is 39.7 Å². The van der Waals surface area contributed by atoms with Crippen LogP contribution in [0, 0.1) is 6.92 Å². The van der Waals surface area contributed by atoms with E-state index in [9.17, 15) is 9.00 Å². The molecule has 1 rings (SSSR count). The molecule has 2 unspecified atom stereocenters. The minimum Gasteiger partial charge on any atom is -0.385 e. The van der Waals surface area contributed by atoms with Crippen molar-refractivity contribution in [2.24, 2.45) is 0 Å². The zero-order chi connectivity index (χ0) is 14.4. The summed E-state index contributed by atoms with van der Waals surface area (Å²) >= 11 is 0. The van der Waals surface area contributed by atoms with Crippen LogP contribution in [0.3, 0.4) is 0 Å². The van der Waals surface area contributed by atoms with Gasteiger partial charge in [0, 0.05) is 47.3 Å². The predicted octanol–water partition coefficient (Wildman–Crippen LogP) is 1.32. The second-order valence-electron chi connectivity index (χ2n) is 4.52. The third-order valence-electron chi connectivity index (χ3n) is 2.51. The molecule has 2 N–H and O–H groups in total. The fourth-order valence-corrected chi connectivity index (χ4v) is 2.56. The van der Waals surface area contributed by atoms with Gasteiger partial charge in [-0.3, -0.25) is 14.0 Å². The number of rotatable bonds is 6. The first-order valence-electron chi connectivity index (χ1n) is 6.25. The molecular weight excluding hydrogens is 262 g/mol. The van der Waals surface area contributed by atoms with Crippen molar-refractivity contribution < 1.29 is 9.00 Å². The maximum Gasteiger partial charge on any atom is 0.255 e. The van der Waals surface area contributed by atoms with E-state index in [1.165, 1.54) is 0 Å². The maximum absolute atomic E-state index is 12.2. The average Bonchev–Trinajstić information content (AvgIpc) is 2.27. The lowest BCUT2D eigenvalue weighted by Gasteiger charge is -2.15. The Morgan fingerprint density at radius 1 is 1.53 bits per heavy atom. The fraction of sp³-hybridized carbons (Fsp3) is 0.538. The third-order valence-corrected chi connectivity index (χ3v) is 3.48. The van der Waals surface area contributed by atoms with Crippen molar-refractivity contribution in [1.82, 2.24) is 10.3 Å². The number of anilines is 1. The van der Waals surface area contributed by atoms with Gasteiger partial charge in [-0.05, 0) is 26.8 Å². The van der Waals surface area contributed by atoms with E-state index in [1.807, 2.05) is 26.8 Å². The van der Waals surface area contributed by atoms with Crippen LogP contribution in [0.25, 0.3) is 0 Å². The Morgan fingerprint density at radius 3 is 2.79 bits per heavy atom. The van der Waals surface area contributed by atoms with Crippen molar-refractivity contribution in [3.8, 4) is 0 Å². The SMILES string of the molecule is CCNc1cc(C)ncc1C(=O)NC(C)CS(C)=O. The lowest BCUT2D eigenvalue weighted by Crippen LogP contribution is -2.36. The Labute approximate surface area is 116 Å². The Morgan fingerprint density at radius 2 is 2.21 bits per heavy atom. The highest BCUT2D eigenvalue weighted by Gasteiger charge is 2.15. The minimum atomic E-state index is -0.927. The molecule has 0 saturated heterocycles. The number of hydrogen-bond acceptors (Lipinski definition) is 4. The molecule has 0 bridgehead atoms. The van der Waals surface area contributed by atoms with Gasteiger partial charge in [-0.1, -0.05) is 0 Å². The van der Waals surface area contributed by atoms with Crippen molar-refractivity contribution in [3.05, 3.63) is 23.5 Å². The molecule has 1 aromatic rings. The molecule has 0 spiro atoms. The zero-order valence-electron chi connectivity index (χ0n) is 11.8. The van der Waals surface area contributed by atoms with E-state index < -0.39 is 10.8 Å². The van der Waals surface area contributed by atoms with Crippen molar-refractivity contribution in [2.75, 3.05) is 23.9 Å². The molecule has 5 nitrogen and oxygen atoms in total. The first-order chi connectivity index (χ1) is 8.93. The smallest absolute Gasteiger partial charge is 0.255 e. The first kappa shape index (κ1) is 15.6. The highest BCUT2D eigenvalue weighted by molar-refractivity contribution is 7.84. The van der Waals surface area contributed by atoms with Crippen LogP contribution in [0.4, 0.5) is 5.69 Å². The van der Waals surface area contributed by atoms with E-state index in [0.717, 1.165) is 17.9 Å². The lowest BCUT2D eigenvalue weighted by molar-refractivity contribution is 0.0944. The summed E-state index contributed by atoms with van der Waals surface area (Å²) in [5.41, 5.74) is 2.15. The summed E-state index contributed by atoms with van der Waals surface area (Å²) in [6.45, 7) is 6.43. The van der Waals surface area contributed by atoms with E-state index in [4.69, 9.17) is 0 Å². The summed E-state index contributed by atoms with van der Waals surface area (Å²) in [6.07, 6.45) is 3.19. The number of aryl methyl sites for hydroxylation is 1. The number of nitrogens with one attached hydrogen (secondary N) is 2. The second-order valence-corrected chi connectivity index (χ2v) is 6.00. The van der Waals surface area contributed by atoms with Crippen LogP contribution in [0.15, 0.2) is 12.3 Å². The van der Waals surface area contributed by atoms with Gasteiger partial charge in [-0.25, -0.2) is 0 Å². The van der Waals surface area contributed by atoms with Gasteiger partial charge in [0.2, 0.25) is 0 Å². The lowest BCUT2D eigenvalue weighted by atomic mass is 10.2. The summed E-state index contributed by atoms with van der Waals surface area (Å²) in [4.78, 5) is 16.3. The molecule has 0 radical (unpaired) electrons.